The van der Waals surface area contributed by atoms with Crippen molar-refractivity contribution in [3.05, 3.63) is 34.6 Å². The van der Waals surface area contributed by atoms with Gasteiger partial charge in [0.15, 0.2) is 0 Å². The van der Waals surface area contributed by atoms with E-state index < -0.39 is 6.03 Å². The minimum Gasteiger partial charge on any atom is -0.334 e. The highest BCUT2D eigenvalue weighted by Crippen LogP contribution is 2.06. The van der Waals surface area contributed by atoms with Crippen molar-refractivity contribution in [1.82, 2.24) is 15.1 Å². The average molecular weight is 261 g/mol. The van der Waals surface area contributed by atoms with E-state index in [1.165, 1.54) is 0 Å². The van der Waals surface area contributed by atoms with Crippen molar-refractivity contribution < 1.29 is 4.79 Å². The number of para-hydroxylation sites is 1. The van der Waals surface area contributed by atoms with E-state index in [2.05, 4.69) is 17.3 Å². The Labute approximate surface area is 111 Å². The normalized spacial score (nSPS) is 12.5. The molecule has 0 bridgehead atoms. The molecular formula is C14H19N3O2. The quantitative estimate of drug-likeness (QED) is 0.887. The molecule has 1 amide bonds. The van der Waals surface area contributed by atoms with E-state index in [4.69, 9.17) is 0 Å². The molecule has 1 aromatic heterocycles. The standard InChI is InChI=1S/C14H19N3O2/c1-3-4-7-10(2)15-14(19)17-13(18)11-8-5-6-9-12(11)16-17/h5-6,8-10,16H,3-4,7H2,1-2H3,(H,15,19). The van der Waals surface area contributed by atoms with E-state index in [1.54, 1.807) is 18.2 Å². The number of nitrogens with zero attached hydrogens (tertiary/aromatic N) is 1. The molecule has 0 radical (unpaired) electrons. The summed E-state index contributed by atoms with van der Waals surface area (Å²) in [5, 5.41) is 6.17. The molecule has 19 heavy (non-hydrogen) atoms. The number of aromatic nitrogens is 2. The Morgan fingerprint density at radius 1 is 1.42 bits per heavy atom. The number of carbonyl (C=O) groups is 1. The van der Waals surface area contributed by atoms with Gasteiger partial charge in [0.25, 0.3) is 5.56 Å². The number of fused-ring (bicyclic) bond motifs is 1. The Kier molecular flexibility index (Phi) is 4.04. The second-order valence-electron chi connectivity index (χ2n) is 4.79. The summed E-state index contributed by atoms with van der Waals surface area (Å²) in [6.07, 6.45) is 3.06. The maximum atomic E-state index is 12.0. The smallest absolute Gasteiger partial charge is 0.334 e. The third kappa shape index (κ3) is 2.86. The zero-order valence-electron chi connectivity index (χ0n) is 11.3. The van der Waals surface area contributed by atoms with Crippen molar-refractivity contribution in [1.29, 1.82) is 0 Å². The van der Waals surface area contributed by atoms with Crippen molar-refractivity contribution in [3.63, 3.8) is 0 Å². The van der Waals surface area contributed by atoms with Crippen molar-refractivity contribution >= 4 is 16.9 Å². The Morgan fingerprint density at radius 2 is 2.16 bits per heavy atom. The number of unbranched alkanes of at least 4 members (excludes halogenated alkanes) is 1. The van der Waals surface area contributed by atoms with E-state index in [-0.39, 0.29) is 11.6 Å². The molecular weight excluding hydrogens is 242 g/mol. The summed E-state index contributed by atoms with van der Waals surface area (Å²) in [7, 11) is 0. The Hall–Kier alpha value is -2.04. The van der Waals surface area contributed by atoms with E-state index >= 15 is 0 Å². The number of rotatable bonds is 4. The largest absolute Gasteiger partial charge is 0.343 e. The third-order valence-electron chi connectivity index (χ3n) is 3.16. The summed E-state index contributed by atoms with van der Waals surface area (Å²) in [5.41, 5.74) is 0.361. The summed E-state index contributed by atoms with van der Waals surface area (Å²) < 4.78 is 1.03. The van der Waals surface area contributed by atoms with Gasteiger partial charge in [-0.2, -0.15) is 4.68 Å². The van der Waals surface area contributed by atoms with Gasteiger partial charge >= 0.3 is 6.03 Å². The Balaban J connectivity index is 2.18. The van der Waals surface area contributed by atoms with E-state index in [0.29, 0.717) is 10.9 Å². The molecule has 2 aromatic rings. The highest BCUT2D eigenvalue weighted by atomic mass is 16.2. The average Bonchev–Trinajstić information content (AvgIpc) is 2.74. The summed E-state index contributed by atoms with van der Waals surface area (Å²) >= 11 is 0. The predicted molar refractivity (Wildman–Crippen MR) is 75.5 cm³/mol. The molecule has 0 aliphatic heterocycles. The van der Waals surface area contributed by atoms with Gasteiger partial charge in [0.2, 0.25) is 0 Å². The number of hydrogen-bond donors (Lipinski definition) is 2. The van der Waals surface area contributed by atoms with Gasteiger partial charge in [-0.1, -0.05) is 31.9 Å². The van der Waals surface area contributed by atoms with Crippen LogP contribution in [0.1, 0.15) is 33.1 Å². The van der Waals surface area contributed by atoms with Gasteiger partial charge in [-0.25, -0.2) is 4.79 Å². The first-order valence-corrected chi connectivity index (χ1v) is 6.64. The molecule has 0 saturated carbocycles. The number of nitrogens with one attached hydrogen (secondary N) is 2. The highest BCUT2D eigenvalue weighted by molar-refractivity contribution is 5.84. The van der Waals surface area contributed by atoms with Crippen LogP contribution in [0.4, 0.5) is 4.79 Å². The molecule has 0 spiro atoms. The van der Waals surface area contributed by atoms with E-state index in [1.807, 2.05) is 13.0 Å². The van der Waals surface area contributed by atoms with Crippen LogP contribution >= 0.6 is 0 Å². The topological polar surface area (TPSA) is 66.9 Å². The summed E-state index contributed by atoms with van der Waals surface area (Å²) in [6, 6.07) is 6.75. The zero-order chi connectivity index (χ0) is 13.8. The van der Waals surface area contributed by atoms with Gasteiger partial charge in [-0.15, -0.1) is 0 Å². The first kappa shape index (κ1) is 13.4. The van der Waals surface area contributed by atoms with Crippen LogP contribution in [-0.4, -0.2) is 21.9 Å². The fraction of sp³-hybridized carbons (Fsp3) is 0.429. The zero-order valence-corrected chi connectivity index (χ0v) is 11.3. The molecule has 0 aliphatic carbocycles. The molecule has 1 atom stereocenters. The number of aromatic amines is 1. The number of benzene rings is 1. The van der Waals surface area contributed by atoms with Gasteiger partial charge in [0.05, 0.1) is 10.9 Å². The lowest BCUT2D eigenvalue weighted by molar-refractivity contribution is 0.235. The number of hydrogen-bond acceptors (Lipinski definition) is 2. The molecule has 0 aliphatic rings. The monoisotopic (exact) mass is 261 g/mol. The van der Waals surface area contributed by atoms with Crippen LogP contribution in [-0.2, 0) is 0 Å². The van der Waals surface area contributed by atoms with Crippen LogP contribution in [0.3, 0.4) is 0 Å². The van der Waals surface area contributed by atoms with Crippen LogP contribution in [0, 0.1) is 0 Å². The minimum absolute atomic E-state index is 0.0609. The van der Waals surface area contributed by atoms with Crippen molar-refractivity contribution in [2.75, 3.05) is 0 Å². The highest BCUT2D eigenvalue weighted by Gasteiger charge is 2.14. The number of amides is 1. The molecule has 1 unspecified atom stereocenters. The van der Waals surface area contributed by atoms with Crippen molar-refractivity contribution in [2.45, 2.75) is 39.2 Å². The van der Waals surface area contributed by atoms with Crippen LogP contribution in [0.25, 0.3) is 10.9 Å². The molecule has 1 aromatic carbocycles. The maximum Gasteiger partial charge on any atom is 0.343 e. The van der Waals surface area contributed by atoms with Crippen LogP contribution in [0.15, 0.2) is 29.1 Å². The molecule has 2 rings (SSSR count). The van der Waals surface area contributed by atoms with Gasteiger partial charge in [0.1, 0.15) is 0 Å². The first-order valence-electron chi connectivity index (χ1n) is 6.64. The summed E-state index contributed by atoms with van der Waals surface area (Å²) in [6.45, 7) is 4.05. The molecule has 0 saturated heterocycles. The lowest BCUT2D eigenvalue weighted by atomic mass is 10.1. The Morgan fingerprint density at radius 3 is 2.84 bits per heavy atom. The molecule has 102 valence electrons. The van der Waals surface area contributed by atoms with Crippen molar-refractivity contribution in [3.8, 4) is 0 Å². The van der Waals surface area contributed by atoms with Gasteiger partial charge < -0.3 is 5.32 Å². The molecule has 2 N–H and O–H groups in total. The number of H-pyrrole nitrogens is 1. The lowest BCUT2D eigenvalue weighted by Gasteiger charge is -2.12. The van der Waals surface area contributed by atoms with Gasteiger partial charge in [-0.3, -0.25) is 9.89 Å². The minimum atomic E-state index is -0.398. The summed E-state index contributed by atoms with van der Waals surface area (Å²) in [5.74, 6) is 0. The van der Waals surface area contributed by atoms with Crippen LogP contribution in [0.2, 0.25) is 0 Å². The second-order valence-corrected chi connectivity index (χ2v) is 4.79. The van der Waals surface area contributed by atoms with Crippen molar-refractivity contribution in [2.24, 2.45) is 0 Å². The second kappa shape index (κ2) is 5.73. The Bertz CT molecular complexity index is 627. The SMILES string of the molecule is CCCCC(C)NC(=O)n1[nH]c2ccccc2c1=O. The third-order valence-corrected chi connectivity index (χ3v) is 3.16. The van der Waals surface area contributed by atoms with Crippen LogP contribution < -0.4 is 10.9 Å². The molecule has 1 heterocycles. The first-order chi connectivity index (χ1) is 9.13. The molecule has 0 fully saturated rings. The fourth-order valence-electron chi connectivity index (χ4n) is 2.06. The number of carbonyl (C=O) groups excluding carboxylic acids is 1. The van der Waals surface area contributed by atoms with Crippen LogP contribution in [0.5, 0.6) is 0 Å². The maximum absolute atomic E-state index is 12.0. The predicted octanol–water partition coefficient (Wildman–Crippen LogP) is 2.47. The lowest BCUT2D eigenvalue weighted by Crippen LogP contribution is -2.40. The fourth-order valence-corrected chi connectivity index (χ4v) is 2.06. The molecule has 5 heteroatoms. The molecule has 5 nitrogen and oxygen atoms in total. The van der Waals surface area contributed by atoms with Gasteiger partial charge in [0, 0.05) is 6.04 Å². The van der Waals surface area contributed by atoms with Gasteiger partial charge in [-0.05, 0) is 25.5 Å². The van der Waals surface area contributed by atoms with E-state index in [0.717, 1.165) is 23.9 Å². The summed E-state index contributed by atoms with van der Waals surface area (Å²) in [4.78, 5) is 24.1. The van der Waals surface area contributed by atoms with E-state index in [9.17, 15) is 9.59 Å².